The fourth-order valence-corrected chi connectivity index (χ4v) is 4.71. The Morgan fingerprint density at radius 1 is 1.13 bits per heavy atom. The maximum absolute atomic E-state index is 12.4. The maximum Gasteiger partial charge on any atom is 0.251 e. The smallest absolute Gasteiger partial charge is 0.251 e. The second-order valence-electron chi connectivity index (χ2n) is 8.60. The average Bonchev–Trinajstić information content (AvgIpc) is 2.77. The largest absolute Gasteiger partial charge is 0.357 e. The van der Waals surface area contributed by atoms with Crippen LogP contribution < -0.4 is 10.2 Å². The summed E-state index contributed by atoms with van der Waals surface area (Å²) in [7, 11) is 6.15. The monoisotopic (exact) mass is 441 g/mol. The van der Waals surface area contributed by atoms with Gasteiger partial charge in [0.15, 0.2) is 5.16 Å². The number of benzene rings is 1. The van der Waals surface area contributed by atoms with Crippen LogP contribution in [0, 0.1) is 6.92 Å². The van der Waals surface area contributed by atoms with Gasteiger partial charge >= 0.3 is 0 Å². The molecule has 1 N–H and O–H groups in total. The zero-order chi connectivity index (χ0) is 22.2. The highest BCUT2D eigenvalue weighted by Crippen LogP contribution is 2.27. The molecule has 1 saturated carbocycles. The van der Waals surface area contributed by atoms with E-state index in [9.17, 15) is 4.79 Å². The second-order valence-corrected chi connectivity index (χ2v) is 9.54. The van der Waals surface area contributed by atoms with Crippen LogP contribution >= 0.6 is 11.8 Å². The number of aryl methyl sites for hydroxylation is 1. The summed E-state index contributed by atoms with van der Waals surface area (Å²) in [6, 6.07) is 10.5. The van der Waals surface area contributed by atoms with Crippen molar-refractivity contribution in [3.8, 4) is 0 Å². The summed E-state index contributed by atoms with van der Waals surface area (Å²) in [4.78, 5) is 26.2. The third-order valence-corrected chi connectivity index (χ3v) is 6.62. The summed E-state index contributed by atoms with van der Waals surface area (Å²) >= 11 is 1.62. The number of likely N-dealkylation sites (N-methyl/N-ethyl adjacent to an activating group) is 1. The number of hydrogen-bond acceptors (Lipinski definition) is 6. The number of aromatic nitrogens is 2. The number of carbonyl (C=O) groups is 1. The zero-order valence-electron chi connectivity index (χ0n) is 19.2. The topological polar surface area (TPSA) is 61.4 Å². The summed E-state index contributed by atoms with van der Waals surface area (Å²) in [6.45, 7) is 3.49. The van der Waals surface area contributed by atoms with E-state index in [1.54, 1.807) is 11.8 Å². The summed E-state index contributed by atoms with van der Waals surface area (Å²) < 4.78 is 0. The molecule has 0 aliphatic heterocycles. The standard InChI is InChI=1S/C24H35N5OS/c1-18-15-22(29(4)21-11-6-5-7-12-21)27-24(26-18)31-17-19-9-8-10-20(16-19)23(30)25-13-14-28(2)3/h8-10,15-16,21H,5-7,11-14,17H2,1-4H3,(H,25,30). The van der Waals surface area contributed by atoms with Crippen LogP contribution in [0.25, 0.3) is 0 Å². The third-order valence-electron chi connectivity index (χ3n) is 5.71. The van der Waals surface area contributed by atoms with E-state index in [0.717, 1.165) is 34.5 Å². The number of anilines is 1. The summed E-state index contributed by atoms with van der Waals surface area (Å²) in [6.07, 6.45) is 6.44. The van der Waals surface area contributed by atoms with Crippen molar-refractivity contribution in [2.24, 2.45) is 0 Å². The molecule has 168 valence electrons. The highest BCUT2D eigenvalue weighted by atomic mass is 32.2. The molecule has 1 aromatic heterocycles. The summed E-state index contributed by atoms with van der Waals surface area (Å²) in [5.41, 5.74) is 2.78. The molecular weight excluding hydrogens is 406 g/mol. The van der Waals surface area contributed by atoms with Crippen molar-refractivity contribution in [3.63, 3.8) is 0 Å². The van der Waals surface area contributed by atoms with Crippen LogP contribution in [0.15, 0.2) is 35.5 Å². The van der Waals surface area contributed by atoms with Crippen molar-refractivity contribution in [2.75, 3.05) is 39.1 Å². The lowest BCUT2D eigenvalue weighted by atomic mass is 9.94. The predicted molar refractivity (Wildman–Crippen MR) is 129 cm³/mol. The second kappa shape index (κ2) is 11.5. The Kier molecular flexibility index (Phi) is 8.72. The van der Waals surface area contributed by atoms with Gasteiger partial charge in [-0.2, -0.15) is 0 Å². The van der Waals surface area contributed by atoms with Crippen LogP contribution in [-0.2, 0) is 5.75 Å². The molecule has 0 bridgehead atoms. The minimum Gasteiger partial charge on any atom is -0.357 e. The fourth-order valence-electron chi connectivity index (χ4n) is 3.87. The van der Waals surface area contributed by atoms with Gasteiger partial charge in [-0.05, 0) is 51.6 Å². The van der Waals surface area contributed by atoms with Crippen LogP contribution in [0.1, 0.15) is 53.7 Å². The first-order valence-corrected chi connectivity index (χ1v) is 12.1. The van der Waals surface area contributed by atoms with Crippen molar-refractivity contribution >= 4 is 23.5 Å². The Bertz CT molecular complexity index is 867. The van der Waals surface area contributed by atoms with Gasteiger partial charge in [-0.1, -0.05) is 43.2 Å². The maximum atomic E-state index is 12.4. The molecule has 1 aliphatic carbocycles. The van der Waals surface area contributed by atoms with Crippen LogP contribution in [0.2, 0.25) is 0 Å². The number of hydrogen-bond donors (Lipinski definition) is 1. The van der Waals surface area contributed by atoms with Crippen molar-refractivity contribution < 1.29 is 4.79 Å². The molecule has 0 radical (unpaired) electrons. The van der Waals surface area contributed by atoms with E-state index in [-0.39, 0.29) is 5.91 Å². The molecule has 31 heavy (non-hydrogen) atoms. The quantitative estimate of drug-likeness (QED) is 0.466. The molecule has 1 fully saturated rings. The number of amides is 1. The molecule has 0 unspecified atom stereocenters. The minimum absolute atomic E-state index is 0.0306. The summed E-state index contributed by atoms with van der Waals surface area (Å²) in [5, 5.41) is 3.76. The Balaban J connectivity index is 1.62. The molecule has 7 heteroatoms. The lowest BCUT2D eigenvalue weighted by molar-refractivity contribution is 0.0951. The van der Waals surface area contributed by atoms with Gasteiger partial charge in [0.2, 0.25) is 0 Å². The highest BCUT2D eigenvalue weighted by Gasteiger charge is 2.20. The molecule has 3 rings (SSSR count). The molecule has 0 atom stereocenters. The van der Waals surface area contributed by atoms with E-state index < -0.39 is 0 Å². The van der Waals surface area contributed by atoms with Gasteiger partial charge in [0.05, 0.1) is 0 Å². The Morgan fingerprint density at radius 3 is 2.65 bits per heavy atom. The minimum atomic E-state index is -0.0306. The van der Waals surface area contributed by atoms with Crippen molar-refractivity contribution in [1.29, 1.82) is 0 Å². The van der Waals surface area contributed by atoms with Crippen molar-refractivity contribution in [1.82, 2.24) is 20.2 Å². The molecule has 1 aliphatic rings. The first-order chi connectivity index (χ1) is 14.9. The Labute approximate surface area is 190 Å². The molecule has 0 saturated heterocycles. The average molecular weight is 442 g/mol. The normalized spacial score (nSPS) is 14.6. The van der Waals surface area contributed by atoms with E-state index >= 15 is 0 Å². The zero-order valence-corrected chi connectivity index (χ0v) is 20.0. The van der Waals surface area contributed by atoms with E-state index in [0.29, 0.717) is 18.2 Å². The fraction of sp³-hybridized carbons (Fsp3) is 0.542. The first kappa shape index (κ1) is 23.5. The molecule has 1 amide bonds. The molecule has 2 aromatic rings. The highest BCUT2D eigenvalue weighted by molar-refractivity contribution is 7.98. The van der Waals surface area contributed by atoms with Crippen LogP contribution in [-0.4, -0.2) is 61.0 Å². The van der Waals surface area contributed by atoms with Gasteiger partial charge in [0.1, 0.15) is 5.82 Å². The van der Waals surface area contributed by atoms with Gasteiger partial charge in [-0.25, -0.2) is 9.97 Å². The van der Waals surface area contributed by atoms with Gasteiger partial charge in [0, 0.05) is 49.3 Å². The first-order valence-electron chi connectivity index (χ1n) is 11.2. The molecule has 0 spiro atoms. The molecular formula is C24H35N5OS. The van der Waals surface area contributed by atoms with Crippen LogP contribution in [0.4, 0.5) is 5.82 Å². The van der Waals surface area contributed by atoms with Gasteiger partial charge < -0.3 is 15.1 Å². The van der Waals surface area contributed by atoms with Gasteiger partial charge in [0.25, 0.3) is 5.91 Å². The van der Waals surface area contributed by atoms with Crippen molar-refractivity contribution in [3.05, 3.63) is 47.2 Å². The van der Waals surface area contributed by atoms with E-state index in [1.165, 1.54) is 32.1 Å². The number of rotatable bonds is 9. The van der Waals surface area contributed by atoms with Gasteiger partial charge in [-0.3, -0.25) is 4.79 Å². The Morgan fingerprint density at radius 2 is 1.90 bits per heavy atom. The molecule has 6 nitrogen and oxygen atoms in total. The molecule has 1 aromatic carbocycles. The number of nitrogens with one attached hydrogen (secondary N) is 1. The molecule has 1 heterocycles. The lowest BCUT2D eigenvalue weighted by Gasteiger charge is -2.32. The third kappa shape index (κ3) is 7.21. The van der Waals surface area contributed by atoms with E-state index in [4.69, 9.17) is 4.98 Å². The van der Waals surface area contributed by atoms with E-state index in [1.807, 2.05) is 39.2 Å². The van der Waals surface area contributed by atoms with Crippen molar-refractivity contribution in [2.45, 2.75) is 56.0 Å². The van der Waals surface area contributed by atoms with Crippen LogP contribution in [0.5, 0.6) is 0 Å². The predicted octanol–water partition coefficient (Wildman–Crippen LogP) is 4.14. The van der Waals surface area contributed by atoms with E-state index in [2.05, 4.69) is 39.3 Å². The number of thioether (sulfide) groups is 1. The number of nitrogens with zero attached hydrogens (tertiary/aromatic N) is 4. The van der Waals surface area contributed by atoms with Gasteiger partial charge in [-0.15, -0.1) is 0 Å². The lowest BCUT2D eigenvalue weighted by Crippen LogP contribution is -2.34. The SMILES string of the molecule is Cc1cc(N(C)C2CCCCC2)nc(SCc2cccc(C(=O)NCCN(C)C)c2)n1. The number of carbonyl (C=O) groups excluding carboxylic acids is 1. The summed E-state index contributed by atoms with van der Waals surface area (Å²) in [5.74, 6) is 1.71. The van der Waals surface area contributed by atoms with Crippen LogP contribution in [0.3, 0.4) is 0 Å². The Hall–Kier alpha value is -2.12.